The maximum atomic E-state index is 12.8. The van der Waals surface area contributed by atoms with E-state index in [9.17, 15) is 19.2 Å². The van der Waals surface area contributed by atoms with E-state index in [1.807, 2.05) is 44.2 Å². The molecular formula is C24H34N4O5. The summed E-state index contributed by atoms with van der Waals surface area (Å²) < 4.78 is 5.09. The van der Waals surface area contributed by atoms with E-state index in [0.29, 0.717) is 19.4 Å². The number of rotatable bonds is 11. The van der Waals surface area contributed by atoms with Gasteiger partial charge in [0.05, 0.1) is 6.04 Å². The highest BCUT2D eigenvalue weighted by Crippen LogP contribution is 2.37. The molecule has 1 aromatic carbocycles. The van der Waals surface area contributed by atoms with E-state index < -0.39 is 30.0 Å². The van der Waals surface area contributed by atoms with Crippen LogP contribution >= 0.6 is 0 Å². The van der Waals surface area contributed by atoms with E-state index in [-0.39, 0.29) is 35.7 Å². The van der Waals surface area contributed by atoms with E-state index in [0.717, 1.165) is 12.0 Å². The van der Waals surface area contributed by atoms with Crippen molar-refractivity contribution < 1.29 is 23.9 Å². The first-order valence-electron chi connectivity index (χ1n) is 11.6. The van der Waals surface area contributed by atoms with Crippen LogP contribution in [0.1, 0.15) is 45.6 Å². The number of nitrogens with two attached hydrogens (primary N) is 1. The minimum atomic E-state index is -0.756. The van der Waals surface area contributed by atoms with Crippen LogP contribution in [0.4, 0.5) is 0 Å². The summed E-state index contributed by atoms with van der Waals surface area (Å²) in [6, 6.07) is 7.87. The predicted molar refractivity (Wildman–Crippen MR) is 121 cm³/mol. The molecule has 180 valence electrons. The molecule has 9 heteroatoms. The van der Waals surface area contributed by atoms with Gasteiger partial charge in [-0.25, -0.2) is 0 Å². The Hall–Kier alpha value is -2.94. The standard InChI is InChI=1S/C24H34N4O5/c1-4-13(2)19-20(33-24(19)32)23(31)27-17-10-16(17)11-18(28-21(29)14(3)25)22(30)26-12-15-8-6-5-7-9-15/h5-9,13-14,16-20H,4,10-12,25H2,1-3H3,(H,26,30)(H,27,31)(H,28,29)/t13-,14+,16-,17?,18+,19-,20+/m0/s1. The molecule has 1 heterocycles. The molecule has 1 saturated carbocycles. The van der Waals surface area contributed by atoms with Gasteiger partial charge in [-0.2, -0.15) is 0 Å². The highest BCUT2D eigenvalue weighted by atomic mass is 16.6. The quantitative estimate of drug-likeness (QED) is 0.359. The van der Waals surface area contributed by atoms with Gasteiger partial charge in [-0.05, 0) is 37.2 Å². The van der Waals surface area contributed by atoms with Gasteiger partial charge in [-0.15, -0.1) is 0 Å². The molecule has 3 amide bonds. The zero-order valence-corrected chi connectivity index (χ0v) is 19.4. The molecule has 1 aromatic rings. The second kappa shape index (κ2) is 10.8. The Morgan fingerprint density at radius 1 is 1.15 bits per heavy atom. The van der Waals surface area contributed by atoms with Crippen molar-refractivity contribution in [2.24, 2.45) is 23.5 Å². The number of amides is 3. The number of ether oxygens (including phenoxy) is 1. The minimum absolute atomic E-state index is 0.0348. The fourth-order valence-corrected chi connectivity index (χ4v) is 4.02. The third-order valence-corrected chi connectivity index (χ3v) is 6.50. The summed E-state index contributed by atoms with van der Waals surface area (Å²) in [5, 5.41) is 8.51. The van der Waals surface area contributed by atoms with E-state index >= 15 is 0 Å². The predicted octanol–water partition coefficient (Wildman–Crippen LogP) is 0.617. The molecule has 1 aliphatic heterocycles. The maximum absolute atomic E-state index is 12.8. The Balaban J connectivity index is 1.53. The summed E-state index contributed by atoms with van der Waals surface area (Å²) in [6.45, 7) is 5.81. The number of carbonyl (C=O) groups is 4. The van der Waals surface area contributed by atoms with Gasteiger partial charge in [0, 0.05) is 12.6 Å². The van der Waals surface area contributed by atoms with Crippen molar-refractivity contribution in [1.29, 1.82) is 0 Å². The average Bonchev–Trinajstić information content (AvgIpc) is 3.52. The molecule has 5 N–H and O–H groups in total. The Kier molecular flexibility index (Phi) is 8.07. The molecule has 1 aliphatic carbocycles. The smallest absolute Gasteiger partial charge is 0.314 e. The fourth-order valence-electron chi connectivity index (χ4n) is 4.02. The topological polar surface area (TPSA) is 140 Å². The molecule has 1 unspecified atom stereocenters. The minimum Gasteiger partial charge on any atom is -0.451 e. The van der Waals surface area contributed by atoms with Gasteiger partial charge in [0.25, 0.3) is 5.91 Å². The lowest BCUT2D eigenvalue weighted by atomic mass is 9.83. The number of esters is 1. The molecule has 0 radical (unpaired) electrons. The first-order valence-corrected chi connectivity index (χ1v) is 11.6. The number of cyclic esters (lactones) is 1. The summed E-state index contributed by atoms with van der Waals surface area (Å²) in [7, 11) is 0. The number of hydrogen-bond acceptors (Lipinski definition) is 6. The van der Waals surface area contributed by atoms with Crippen molar-refractivity contribution in [2.45, 2.75) is 70.8 Å². The Labute approximate surface area is 194 Å². The van der Waals surface area contributed by atoms with Crippen LogP contribution in [0.2, 0.25) is 0 Å². The molecular weight excluding hydrogens is 424 g/mol. The monoisotopic (exact) mass is 458 g/mol. The lowest BCUT2D eigenvalue weighted by Gasteiger charge is -2.37. The van der Waals surface area contributed by atoms with Crippen LogP contribution in [-0.4, -0.2) is 47.9 Å². The van der Waals surface area contributed by atoms with Crippen LogP contribution in [-0.2, 0) is 30.5 Å². The van der Waals surface area contributed by atoms with Gasteiger partial charge in [-0.3, -0.25) is 19.2 Å². The number of nitrogens with one attached hydrogen (secondary N) is 3. The second-order valence-corrected chi connectivity index (χ2v) is 9.17. The van der Waals surface area contributed by atoms with Crippen molar-refractivity contribution in [3.05, 3.63) is 35.9 Å². The van der Waals surface area contributed by atoms with Gasteiger partial charge in [0.15, 0.2) is 6.10 Å². The highest BCUT2D eigenvalue weighted by molar-refractivity contribution is 5.94. The third kappa shape index (κ3) is 6.31. The van der Waals surface area contributed by atoms with Crippen LogP contribution in [0, 0.1) is 17.8 Å². The lowest BCUT2D eigenvalue weighted by Crippen LogP contribution is -2.56. The molecule has 0 bridgehead atoms. The zero-order valence-electron chi connectivity index (χ0n) is 19.4. The van der Waals surface area contributed by atoms with Crippen molar-refractivity contribution in [3.8, 4) is 0 Å². The molecule has 0 spiro atoms. The SMILES string of the molecule is CC[C@H](C)[C@@H]1C(=O)O[C@H]1C(=O)NC1C[C@H]1C[C@@H](NC(=O)[C@@H](C)N)C(=O)NCc1ccccc1. The lowest BCUT2D eigenvalue weighted by molar-refractivity contribution is -0.193. The molecule has 2 fully saturated rings. The number of carbonyl (C=O) groups excluding carboxylic acids is 4. The van der Waals surface area contributed by atoms with Gasteiger partial charge >= 0.3 is 5.97 Å². The van der Waals surface area contributed by atoms with E-state index in [1.165, 1.54) is 0 Å². The molecule has 1 saturated heterocycles. The van der Waals surface area contributed by atoms with Crippen molar-refractivity contribution in [1.82, 2.24) is 16.0 Å². The molecule has 0 aromatic heterocycles. The fraction of sp³-hybridized carbons (Fsp3) is 0.583. The number of hydrogen-bond donors (Lipinski definition) is 4. The highest BCUT2D eigenvalue weighted by Gasteiger charge is 2.51. The van der Waals surface area contributed by atoms with Crippen LogP contribution in [0.25, 0.3) is 0 Å². The largest absolute Gasteiger partial charge is 0.451 e. The van der Waals surface area contributed by atoms with Crippen molar-refractivity contribution in [2.75, 3.05) is 0 Å². The van der Waals surface area contributed by atoms with Crippen molar-refractivity contribution in [3.63, 3.8) is 0 Å². The van der Waals surface area contributed by atoms with Crippen LogP contribution < -0.4 is 21.7 Å². The summed E-state index contributed by atoms with van der Waals surface area (Å²) in [5.74, 6) is -1.63. The summed E-state index contributed by atoms with van der Waals surface area (Å²) in [6.07, 6.45) is 1.10. The van der Waals surface area contributed by atoms with Gasteiger partial charge in [0.1, 0.15) is 12.0 Å². The van der Waals surface area contributed by atoms with Crippen LogP contribution in [0.15, 0.2) is 30.3 Å². The van der Waals surface area contributed by atoms with E-state index in [2.05, 4.69) is 16.0 Å². The van der Waals surface area contributed by atoms with Crippen LogP contribution in [0.3, 0.4) is 0 Å². The molecule has 7 atom stereocenters. The molecule has 2 aliphatic rings. The third-order valence-electron chi connectivity index (χ3n) is 6.50. The van der Waals surface area contributed by atoms with Gasteiger partial charge < -0.3 is 26.4 Å². The van der Waals surface area contributed by atoms with Crippen LogP contribution in [0.5, 0.6) is 0 Å². The second-order valence-electron chi connectivity index (χ2n) is 9.17. The van der Waals surface area contributed by atoms with E-state index in [4.69, 9.17) is 10.5 Å². The molecule has 9 nitrogen and oxygen atoms in total. The van der Waals surface area contributed by atoms with Gasteiger partial charge in [0.2, 0.25) is 11.8 Å². The Morgan fingerprint density at radius 3 is 2.45 bits per heavy atom. The van der Waals surface area contributed by atoms with E-state index in [1.54, 1.807) is 6.92 Å². The Bertz CT molecular complexity index is 875. The normalized spacial score (nSPS) is 26.1. The average molecular weight is 459 g/mol. The summed E-state index contributed by atoms with van der Waals surface area (Å²) in [4.78, 5) is 49.3. The molecule has 33 heavy (non-hydrogen) atoms. The van der Waals surface area contributed by atoms with Gasteiger partial charge in [-0.1, -0.05) is 50.6 Å². The maximum Gasteiger partial charge on any atom is 0.314 e. The van der Waals surface area contributed by atoms with Crippen molar-refractivity contribution >= 4 is 23.7 Å². The summed E-state index contributed by atoms with van der Waals surface area (Å²) in [5.41, 5.74) is 6.61. The Morgan fingerprint density at radius 2 is 1.85 bits per heavy atom. The zero-order chi connectivity index (χ0) is 24.1. The number of benzene rings is 1. The summed E-state index contributed by atoms with van der Waals surface area (Å²) >= 11 is 0. The molecule has 3 rings (SSSR count). The first kappa shape index (κ1) is 24.7. The first-order chi connectivity index (χ1) is 15.7.